The number of nitrogens with zero attached hydrogens (tertiary/aromatic N) is 2. The summed E-state index contributed by atoms with van der Waals surface area (Å²) in [6.07, 6.45) is 0.890. The van der Waals surface area contributed by atoms with Crippen LogP contribution >= 0.6 is 12.2 Å². The summed E-state index contributed by atoms with van der Waals surface area (Å²) < 4.78 is 15.6. The number of allylic oxidation sites excluding steroid dienone is 1. The van der Waals surface area contributed by atoms with Gasteiger partial charge in [0.15, 0.2) is 11.7 Å². The molecule has 1 aliphatic rings. The first-order valence-corrected chi connectivity index (χ1v) is 9.48. The number of benzene rings is 1. The van der Waals surface area contributed by atoms with E-state index in [1.54, 1.807) is 19.2 Å². The fourth-order valence-electron chi connectivity index (χ4n) is 2.96. The molecule has 0 bridgehead atoms. The lowest BCUT2D eigenvalue weighted by Crippen LogP contribution is -2.48. The number of nitrogens with one attached hydrogen (secondary N) is 1. The molecule has 28 heavy (non-hydrogen) atoms. The third-order valence-electron chi connectivity index (χ3n) is 4.30. The number of hydrogen-bond acceptors (Lipinski definition) is 6. The van der Waals surface area contributed by atoms with Crippen LogP contribution in [0, 0.1) is 11.3 Å². The van der Waals surface area contributed by atoms with Crippen molar-refractivity contribution in [3.8, 4) is 11.8 Å². The summed E-state index contributed by atoms with van der Waals surface area (Å²) in [7, 11) is 1.56. The Hall–Kier alpha value is -2.63. The number of carbonyl (C=O) groups is 1. The Morgan fingerprint density at radius 1 is 1.32 bits per heavy atom. The molecule has 2 rings (SSSR count). The van der Waals surface area contributed by atoms with Gasteiger partial charge >= 0.3 is 5.97 Å². The molecule has 0 amide bonds. The van der Waals surface area contributed by atoms with Gasteiger partial charge in [-0.2, -0.15) is 5.26 Å². The summed E-state index contributed by atoms with van der Waals surface area (Å²) in [6.45, 7) is 5.13. The van der Waals surface area contributed by atoms with Crippen LogP contribution in [-0.4, -0.2) is 49.5 Å². The van der Waals surface area contributed by atoms with Gasteiger partial charge in [-0.25, -0.2) is 4.79 Å². The van der Waals surface area contributed by atoms with Crippen LogP contribution < -0.4 is 10.1 Å². The molecular formula is C20H25N3O4S. The van der Waals surface area contributed by atoms with Gasteiger partial charge in [0.05, 0.1) is 18.2 Å². The molecule has 7 nitrogen and oxygen atoms in total. The summed E-state index contributed by atoms with van der Waals surface area (Å²) in [5.41, 5.74) is 2.15. The van der Waals surface area contributed by atoms with Crippen molar-refractivity contribution in [1.29, 1.82) is 5.26 Å². The number of carbonyl (C=O) groups excluding carboxylic acids is 1. The van der Waals surface area contributed by atoms with Gasteiger partial charge in [0.2, 0.25) is 0 Å². The van der Waals surface area contributed by atoms with Gasteiger partial charge in [0, 0.05) is 19.4 Å². The first-order chi connectivity index (χ1) is 13.5. The molecule has 1 heterocycles. The topological polar surface area (TPSA) is 83.8 Å². The number of thiocarbonyl (C=S) groups is 1. The molecule has 0 spiro atoms. The number of nitriles is 1. The molecule has 1 atom stereocenters. The molecular weight excluding hydrogens is 378 g/mol. The summed E-state index contributed by atoms with van der Waals surface area (Å²) in [5.74, 6) is 0.182. The molecule has 1 aromatic carbocycles. The number of esters is 1. The monoisotopic (exact) mass is 403 g/mol. The minimum absolute atomic E-state index is 0.0207. The molecule has 1 N–H and O–H groups in total. The van der Waals surface area contributed by atoms with Crippen molar-refractivity contribution >= 4 is 23.3 Å². The smallest absolute Gasteiger partial charge is 0.338 e. The Balaban J connectivity index is 2.35. The molecule has 0 radical (unpaired) electrons. The second-order valence-electron chi connectivity index (χ2n) is 6.18. The van der Waals surface area contributed by atoms with Crippen LogP contribution in [-0.2, 0) is 14.3 Å². The Labute approximate surface area is 170 Å². The van der Waals surface area contributed by atoms with Gasteiger partial charge in [-0.15, -0.1) is 0 Å². The van der Waals surface area contributed by atoms with Crippen molar-refractivity contribution in [3.05, 3.63) is 41.1 Å². The minimum Gasteiger partial charge on any atom is -0.479 e. The van der Waals surface area contributed by atoms with E-state index in [4.69, 9.17) is 31.7 Å². The predicted molar refractivity (Wildman–Crippen MR) is 109 cm³/mol. The average Bonchev–Trinajstić information content (AvgIpc) is 2.69. The first-order valence-electron chi connectivity index (χ1n) is 9.08. The zero-order valence-electron chi connectivity index (χ0n) is 16.4. The maximum absolute atomic E-state index is 12.8. The van der Waals surface area contributed by atoms with Gasteiger partial charge in [-0.1, -0.05) is 19.1 Å². The largest absolute Gasteiger partial charge is 0.479 e. The molecule has 8 heteroatoms. The van der Waals surface area contributed by atoms with E-state index in [2.05, 4.69) is 12.2 Å². The number of hydrogen-bond donors (Lipinski definition) is 1. The van der Waals surface area contributed by atoms with Crippen molar-refractivity contribution in [2.45, 2.75) is 26.3 Å². The summed E-state index contributed by atoms with van der Waals surface area (Å²) >= 11 is 5.52. The van der Waals surface area contributed by atoms with E-state index in [9.17, 15) is 4.79 Å². The van der Waals surface area contributed by atoms with Crippen molar-refractivity contribution in [2.75, 3.05) is 33.5 Å². The van der Waals surface area contributed by atoms with Crippen LogP contribution in [0.4, 0.5) is 0 Å². The molecule has 150 valence electrons. The van der Waals surface area contributed by atoms with Crippen LogP contribution in [0.3, 0.4) is 0 Å². The van der Waals surface area contributed by atoms with Gasteiger partial charge in [0.25, 0.3) is 0 Å². The van der Waals surface area contributed by atoms with E-state index in [-0.39, 0.29) is 13.2 Å². The van der Waals surface area contributed by atoms with Crippen molar-refractivity contribution in [2.24, 2.45) is 0 Å². The lowest BCUT2D eigenvalue weighted by Gasteiger charge is -2.37. The molecule has 0 fully saturated rings. The fraction of sp³-hybridized carbons (Fsp3) is 0.450. The van der Waals surface area contributed by atoms with E-state index in [0.29, 0.717) is 29.6 Å². The Morgan fingerprint density at radius 3 is 2.64 bits per heavy atom. The number of rotatable bonds is 9. The van der Waals surface area contributed by atoms with Gasteiger partial charge in [-0.05, 0) is 43.3 Å². The van der Waals surface area contributed by atoms with E-state index in [1.807, 2.05) is 30.0 Å². The van der Waals surface area contributed by atoms with Crippen LogP contribution in [0.2, 0.25) is 0 Å². The number of ether oxygens (including phenoxy) is 3. The van der Waals surface area contributed by atoms with Gasteiger partial charge in [-0.3, -0.25) is 0 Å². The highest BCUT2D eigenvalue weighted by Crippen LogP contribution is 2.32. The maximum atomic E-state index is 12.8. The van der Waals surface area contributed by atoms with Crippen LogP contribution in [0.1, 0.15) is 31.9 Å². The van der Waals surface area contributed by atoms with E-state index in [0.717, 1.165) is 17.7 Å². The highest BCUT2D eigenvalue weighted by molar-refractivity contribution is 7.80. The van der Waals surface area contributed by atoms with Crippen LogP contribution in [0.5, 0.6) is 5.75 Å². The van der Waals surface area contributed by atoms with Crippen molar-refractivity contribution < 1.29 is 19.0 Å². The highest BCUT2D eigenvalue weighted by Gasteiger charge is 2.34. The van der Waals surface area contributed by atoms with Crippen molar-refractivity contribution in [3.63, 3.8) is 0 Å². The Bertz CT molecular complexity index is 771. The number of methoxy groups -OCH3 is 1. The summed E-state index contributed by atoms with van der Waals surface area (Å²) in [5, 5.41) is 12.5. The van der Waals surface area contributed by atoms with Crippen molar-refractivity contribution in [1.82, 2.24) is 10.2 Å². The average molecular weight is 404 g/mol. The lowest BCUT2D eigenvalue weighted by atomic mass is 9.95. The predicted octanol–water partition coefficient (Wildman–Crippen LogP) is 2.69. The van der Waals surface area contributed by atoms with Crippen LogP contribution in [0.25, 0.3) is 0 Å². The second kappa shape index (κ2) is 10.6. The molecule has 0 aromatic heterocycles. The molecule has 0 saturated heterocycles. The van der Waals surface area contributed by atoms with E-state index < -0.39 is 12.0 Å². The van der Waals surface area contributed by atoms with Crippen LogP contribution in [0.15, 0.2) is 35.5 Å². The molecule has 1 aromatic rings. The van der Waals surface area contributed by atoms with E-state index >= 15 is 0 Å². The molecule has 0 unspecified atom stereocenters. The quantitative estimate of drug-likeness (QED) is 0.383. The third-order valence-corrected chi connectivity index (χ3v) is 4.64. The zero-order valence-corrected chi connectivity index (χ0v) is 17.2. The molecule has 0 aliphatic carbocycles. The third kappa shape index (κ3) is 5.21. The Morgan fingerprint density at radius 2 is 2.04 bits per heavy atom. The SMILES string of the molecule is CCCN1C(=S)N[C@H](c2ccc(OCC#N)cc2)C(C(=O)OCCOC)=C1C. The highest BCUT2D eigenvalue weighted by atomic mass is 32.1. The second-order valence-corrected chi connectivity index (χ2v) is 6.56. The molecule has 0 saturated carbocycles. The van der Waals surface area contributed by atoms with E-state index in [1.165, 1.54) is 0 Å². The first kappa shape index (κ1) is 21.7. The maximum Gasteiger partial charge on any atom is 0.338 e. The molecule has 1 aliphatic heterocycles. The van der Waals surface area contributed by atoms with Gasteiger partial charge in [0.1, 0.15) is 18.4 Å². The minimum atomic E-state index is -0.430. The fourth-order valence-corrected chi connectivity index (χ4v) is 3.30. The Kier molecular flexibility index (Phi) is 8.23. The summed E-state index contributed by atoms with van der Waals surface area (Å²) in [4.78, 5) is 14.7. The lowest BCUT2D eigenvalue weighted by molar-refractivity contribution is -0.140. The van der Waals surface area contributed by atoms with Gasteiger partial charge < -0.3 is 24.4 Å². The summed E-state index contributed by atoms with van der Waals surface area (Å²) in [6, 6.07) is 8.72. The standard InChI is InChI=1S/C20H25N3O4S/c1-4-10-23-14(2)17(19(24)27-13-12-25-3)18(22-20(23)28)15-5-7-16(8-6-15)26-11-9-21/h5-8,18H,4,10-13H2,1-3H3,(H,22,28)/t18-/m1/s1. The normalized spacial score (nSPS) is 16.4. The zero-order chi connectivity index (χ0) is 20.5.